The Hall–Kier alpha value is -2.77. The van der Waals surface area contributed by atoms with E-state index in [-0.39, 0.29) is 18.3 Å². The number of hydrogen-bond donors (Lipinski definition) is 1. The Bertz CT molecular complexity index is 1030. The highest BCUT2D eigenvalue weighted by Crippen LogP contribution is 2.21. The highest BCUT2D eigenvalue weighted by atomic mass is 35.5. The predicted octanol–water partition coefficient (Wildman–Crippen LogP) is 5.04. The van der Waals surface area contributed by atoms with Crippen LogP contribution in [0.15, 0.2) is 60.3 Å². The number of aryl methyl sites for hydroxylation is 2. The van der Waals surface area contributed by atoms with Crippen molar-refractivity contribution >= 4 is 35.0 Å². The van der Waals surface area contributed by atoms with Gasteiger partial charge in [0.25, 0.3) is 0 Å². The molecule has 0 saturated heterocycles. The third-order valence-electron chi connectivity index (χ3n) is 4.29. The zero-order chi connectivity index (χ0) is 21.5. The van der Waals surface area contributed by atoms with Crippen LogP contribution in [0.25, 0.3) is 0 Å². The van der Waals surface area contributed by atoms with Gasteiger partial charge in [-0.2, -0.15) is 0 Å². The van der Waals surface area contributed by atoms with Crippen molar-refractivity contribution < 1.29 is 9.53 Å². The molecule has 0 saturated carbocycles. The van der Waals surface area contributed by atoms with Gasteiger partial charge in [0, 0.05) is 17.3 Å². The van der Waals surface area contributed by atoms with Crippen LogP contribution >= 0.6 is 23.4 Å². The minimum atomic E-state index is -0.0965. The van der Waals surface area contributed by atoms with E-state index in [0.29, 0.717) is 28.3 Å². The van der Waals surface area contributed by atoms with Gasteiger partial charge in [0.1, 0.15) is 12.4 Å². The molecule has 1 amide bonds. The number of carbonyl (C=O) groups is 1. The number of anilines is 1. The molecule has 0 unspecified atom stereocenters. The van der Waals surface area contributed by atoms with E-state index in [2.05, 4.69) is 22.1 Å². The SMILES string of the molecule is C=CCn1c(COc2ccc(Cl)cc2)nnc1SCC(=O)Nc1cc(C)ccc1C. The minimum absolute atomic E-state index is 0.0965. The first-order valence-electron chi connectivity index (χ1n) is 9.37. The maximum atomic E-state index is 12.4. The van der Waals surface area contributed by atoms with Crippen LogP contribution in [0.1, 0.15) is 17.0 Å². The summed E-state index contributed by atoms with van der Waals surface area (Å²) in [5, 5.41) is 12.7. The average molecular weight is 443 g/mol. The lowest BCUT2D eigenvalue weighted by Gasteiger charge is -2.10. The van der Waals surface area contributed by atoms with Gasteiger partial charge in [-0.15, -0.1) is 16.8 Å². The topological polar surface area (TPSA) is 69.0 Å². The summed E-state index contributed by atoms with van der Waals surface area (Å²) in [6, 6.07) is 13.1. The van der Waals surface area contributed by atoms with E-state index in [0.717, 1.165) is 16.8 Å². The summed E-state index contributed by atoms with van der Waals surface area (Å²) >= 11 is 7.22. The molecule has 0 aliphatic carbocycles. The average Bonchev–Trinajstić information content (AvgIpc) is 3.11. The van der Waals surface area contributed by atoms with Crippen LogP contribution in [-0.2, 0) is 17.9 Å². The first-order valence-corrected chi connectivity index (χ1v) is 10.7. The third-order valence-corrected chi connectivity index (χ3v) is 5.50. The van der Waals surface area contributed by atoms with Gasteiger partial charge < -0.3 is 10.1 Å². The molecule has 30 heavy (non-hydrogen) atoms. The number of thioether (sulfide) groups is 1. The van der Waals surface area contributed by atoms with Crippen LogP contribution in [0.4, 0.5) is 5.69 Å². The summed E-state index contributed by atoms with van der Waals surface area (Å²) in [7, 11) is 0. The molecule has 1 aromatic heterocycles. The molecular formula is C22H23ClN4O2S. The van der Waals surface area contributed by atoms with Crippen LogP contribution in [0, 0.1) is 13.8 Å². The number of rotatable bonds is 9. The van der Waals surface area contributed by atoms with Crippen molar-refractivity contribution in [3.63, 3.8) is 0 Å². The maximum absolute atomic E-state index is 12.4. The van der Waals surface area contributed by atoms with Crippen molar-refractivity contribution in [2.45, 2.75) is 32.2 Å². The molecule has 0 aliphatic rings. The van der Waals surface area contributed by atoms with E-state index in [1.165, 1.54) is 11.8 Å². The van der Waals surface area contributed by atoms with Gasteiger partial charge in [-0.3, -0.25) is 9.36 Å². The van der Waals surface area contributed by atoms with Crippen molar-refractivity contribution in [2.75, 3.05) is 11.1 Å². The highest BCUT2D eigenvalue weighted by molar-refractivity contribution is 7.99. The standard InChI is InChI=1S/C22H23ClN4O2S/c1-4-11-27-20(13-29-18-9-7-17(23)8-10-18)25-26-22(27)30-14-21(28)24-19-12-15(2)5-6-16(19)3/h4-10,12H,1,11,13-14H2,2-3H3,(H,24,28). The van der Waals surface area contributed by atoms with E-state index in [1.54, 1.807) is 30.3 Å². The number of halogens is 1. The van der Waals surface area contributed by atoms with Crippen LogP contribution in [0.5, 0.6) is 5.75 Å². The molecule has 0 bridgehead atoms. The van der Waals surface area contributed by atoms with Crippen molar-refractivity contribution in [2.24, 2.45) is 0 Å². The Morgan fingerprint density at radius 1 is 1.23 bits per heavy atom. The van der Waals surface area contributed by atoms with Crippen LogP contribution < -0.4 is 10.1 Å². The molecule has 0 atom stereocenters. The number of aromatic nitrogens is 3. The number of nitrogens with one attached hydrogen (secondary N) is 1. The lowest BCUT2D eigenvalue weighted by molar-refractivity contribution is -0.113. The number of amides is 1. The molecule has 6 nitrogen and oxygen atoms in total. The molecular weight excluding hydrogens is 420 g/mol. The van der Waals surface area contributed by atoms with Crippen molar-refractivity contribution in [3.05, 3.63) is 77.1 Å². The van der Waals surface area contributed by atoms with E-state index >= 15 is 0 Å². The lowest BCUT2D eigenvalue weighted by atomic mass is 10.1. The number of ether oxygens (including phenoxy) is 1. The van der Waals surface area contributed by atoms with Gasteiger partial charge >= 0.3 is 0 Å². The van der Waals surface area contributed by atoms with Crippen LogP contribution in [0.3, 0.4) is 0 Å². The Morgan fingerprint density at radius 2 is 2.00 bits per heavy atom. The van der Waals surface area contributed by atoms with E-state index in [9.17, 15) is 4.79 Å². The fraction of sp³-hybridized carbons (Fsp3) is 0.227. The molecule has 0 aliphatic heterocycles. The Labute approximate surface area is 185 Å². The van der Waals surface area contributed by atoms with E-state index < -0.39 is 0 Å². The van der Waals surface area contributed by atoms with Gasteiger partial charge in [0.2, 0.25) is 5.91 Å². The van der Waals surface area contributed by atoms with Gasteiger partial charge in [-0.1, -0.05) is 41.6 Å². The first-order chi connectivity index (χ1) is 14.5. The van der Waals surface area contributed by atoms with Crippen molar-refractivity contribution in [3.8, 4) is 5.75 Å². The van der Waals surface area contributed by atoms with Crippen LogP contribution in [-0.4, -0.2) is 26.4 Å². The molecule has 3 rings (SSSR count). The quantitative estimate of drug-likeness (QED) is 0.371. The third kappa shape index (κ3) is 5.87. The monoisotopic (exact) mass is 442 g/mol. The molecule has 156 valence electrons. The summed E-state index contributed by atoms with van der Waals surface area (Å²) in [5.41, 5.74) is 2.94. The van der Waals surface area contributed by atoms with E-state index in [4.69, 9.17) is 16.3 Å². The molecule has 1 N–H and O–H groups in total. The van der Waals surface area contributed by atoms with Gasteiger partial charge in [-0.25, -0.2) is 0 Å². The van der Waals surface area contributed by atoms with Crippen LogP contribution in [0.2, 0.25) is 5.02 Å². The largest absolute Gasteiger partial charge is 0.486 e. The fourth-order valence-corrected chi connectivity index (χ4v) is 3.60. The smallest absolute Gasteiger partial charge is 0.234 e. The summed E-state index contributed by atoms with van der Waals surface area (Å²) in [5.74, 6) is 1.47. The number of carbonyl (C=O) groups excluding carboxylic acids is 1. The lowest BCUT2D eigenvalue weighted by Crippen LogP contribution is -2.15. The number of nitrogens with zero attached hydrogens (tertiary/aromatic N) is 3. The molecule has 0 fully saturated rings. The molecule has 3 aromatic rings. The normalized spacial score (nSPS) is 10.6. The number of hydrogen-bond acceptors (Lipinski definition) is 5. The molecule has 0 radical (unpaired) electrons. The predicted molar refractivity (Wildman–Crippen MR) is 121 cm³/mol. The van der Waals surface area contributed by atoms with E-state index in [1.807, 2.05) is 36.6 Å². The maximum Gasteiger partial charge on any atom is 0.234 e. The summed E-state index contributed by atoms with van der Waals surface area (Å²) < 4.78 is 7.66. The Balaban J connectivity index is 1.62. The second kappa shape index (κ2) is 10.3. The second-order valence-corrected chi connectivity index (χ2v) is 8.07. The summed E-state index contributed by atoms with van der Waals surface area (Å²) in [6.45, 7) is 8.53. The molecule has 1 heterocycles. The van der Waals surface area contributed by atoms with Gasteiger partial charge in [-0.05, 0) is 55.3 Å². The summed E-state index contributed by atoms with van der Waals surface area (Å²) in [4.78, 5) is 12.4. The zero-order valence-electron chi connectivity index (χ0n) is 16.9. The van der Waals surface area contributed by atoms with Crippen molar-refractivity contribution in [1.29, 1.82) is 0 Å². The second-order valence-electron chi connectivity index (χ2n) is 6.70. The summed E-state index contributed by atoms with van der Waals surface area (Å²) in [6.07, 6.45) is 1.76. The van der Waals surface area contributed by atoms with Gasteiger partial charge in [0.15, 0.2) is 11.0 Å². The highest BCUT2D eigenvalue weighted by Gasteiger charge is 2.14. The zero-order valence-corrected chi connectivity index (χ0v) is 18.5. The number of benzene rings is 2. The minimum Gasteiger partial charge on any atom is -0.486 e. The number of allylic oxidation sites excluding steroid dienone is 1. The molecule has 0 spiro atoms. The Morgan fingerprint density at radius 3 is 2.73 bits per heavy atom. The molecule has 2 aromatic carbocycles. The van der Waals surface area contributed by atoms with Gasteiger partial charge in [0.05, 0.1) is 5.75 Å². The first kappa shape index (κ1) is 21.9. The Kier molecular flexibility index (Phi) is 7.54. The fourth-order valence-electron chi connectivity index (χ4n) is 2.71. The van der Waals surface area contributed by atoms with Crippen molar-refractivity contribution in [1.82, 2.24) is 14.8 Å². The molecule has 8 heteroatoms.